The maximum atomic E-state index is 12.6. The number of carbonyl (C=O) groups excluding carboxylic acids is 1. The third kappa shape index (κ3) is 3.62. The summed E-state index contributed by atoms with van der Waals surface area (Å²) in [7, 11) is 0. The SMILES string of the molecule is Cc1cccc(CC(C)NC(=O)c2cc3ccccc3nc2C)c1. The normalized spacial score (nSPS) is 12.1. The molecule has 1 N–H and O–H groups in total. The van der Waals surface area contributed by atoms with Crippen molar-refractivity contribution in [1.82, 2.24) is 10.3 Å². The van der Waals surface area contributed by atoms with E-state index in [0.29, 0.717) is 5.56 Å². The Morgan fingerprint density at radius 2 is 1.88 bits per heavy atom. The Bertz CT molecular complexity index is 886. The number of pyridine rings is 1. The van der Waals surface area contributed by atoms with Gasteiger partial charge in [0, 0.05) is 11.4 Å². The van der Waals surface area contributed by atoms with Crippen LogP contribution in [0, 0.1) is 13.8 Å². The second-order valence-electron chi connectivity index (χ2n) is 6.38. The number of aryl methyl sites for hydroxylation is 2. The molecule has 0 saturated carbocycles. The fraction of sp³-hybridized carbons (Fsp3) is 0.238. The molecule has 1 heterocycles. The summed E-state index contributed by atoms with van der Waals surface area (Å²) in [5, 5.41) is 4.08. The zero-order valence-electron chi connectivity index (χ0n) is 14.3. The molecule has 3 rings (SSSR count). The first-order chi connectivity index (χ1) is 11.5. The topological polar surface area (TPSA) is 42.0 Å². The van der Waals surface area contributed by atoms with Gasteiger partial charge < -0.3 is 5.32 Å². The molecule has 3 nitrogen and oxygen atoms in total. The number of para-hydroxylation sites is 1. The summed E-state index contributed by atoms with van der Waals surface area (Å²) in [6.45, 7) is 5.99. The van der Waals surface area contributed by atoms with Gasteiger partial charge in [-0.2, -0.15) is 0 Å². The van der Waals surface area contributed by atoms with Crippen LogP contribution in [0.25, 0.3) is 10.9 Å². The second kappa shape index (κ2) is 6.83. The number of hydrogen-bond donors (Lipinski definition) is 1. The fourth-order valence-electron chi connectivity index (χ4n) is 2.99. The van der Waals surface area contributed by atoms with Gasteiger partial charge in [0.25, 0.3) is 5.91 Å². The lowest BCUT2D eigenvalue weighted by Gasteiger charge is -2.15. The molecular weight excluding hydrogens is 296 g/mol. The van der Waals surface area contributed by atoms with Crippen molar-refractivity contribution in [3.05, 3.63) is 77.0 Å². The summed E-state index contributed by atoms with van der Waals surface area (Å²) in [5.74, 6) is -0.0640. The maximum absolute atomic E-state index is 12.6. The van der Waals surface area contributed by atoms with Crippen molar-refractivity contribution < 1.29 is 4.79 Å². The molecule has 0 radical (unpaired) electrons. The van der Waals surface area contributed by atoms with Gasteiger partial charge in [-0.1, -0.05) is 48.0 Å². The summed E-state index contributed by atoms with van der Waals surface area (Å²) in [4.78, 5) is 17.2. The van der Waals surface area contributed by atoms with Crippen molar-refractivity contribution in [3.8, 4) is 0 Å². The van der Waals surface area contributed by atoms with Gasteiger partial charge in [-0.05, 0) is 44.9 Å². The molecule has 0 aliphatic heterocycles. The van der Waals surface area contributed by atoms with Crippen LogP contribution in [0.2, 0.25) is 0 Å². The molecule has 122 valence electrons. The smallest absolute Gasteiger partial charge is 0.253 e. The van der Waals surface area contributed by atoms with Crippen molar-refractivity contribution in [2.45, 2.75) is 33.2 Å². The van der Waals surface area contributed by atoms with Crippen molar-refractivity contribution in [3.63, 3.8) is 0 Å². The summed E-state index contributed by atoms with van der Waals surface area (Å²) >= 11 is 0. The summed E-state index contributed by atoms with van der Waals surface area (Å²) in [6.07, 6.45) is 0.813. The van der Waals surface area contributed by atoms with Crippen LogP contribution in [0.1, 0.15) is 34.1 Å². The Labute approximate surface area is 142 Å². The van der Waals surface area contributed by atoms with Gasteiger partial charge in [-0.15, -0.1) is 0 Å². The number of nitrogens with one attached hydrogen (secondary N) is 1. The molecule has 2 aromatic carbocycles. The Morgan fingerprint density at radius 1 is 1.08 bits per heavy atom. The van der Waals surface area contributed by atoms with Crippen LogP contribution < -0.4 is 5.32 Å². The first kappa shape index (κ1) is 16.2. The van der Waals surface area contributed by atoms with Crippen LogP contribution >= 0.6 is 0 Å². The molecule has 0 fully saturated rings. The Balaban J connectivity index is 1.75. The van der Waals surface area contributed by atoms with E-state index in [2.05, 4.69) is 41.5 Å². The largest absolute Gasteiger partial charge is 0.349 e. The lowest BCUT2D eigenvalue weighted by Crippen LogP contribution is -2.34. The molecule has 0 bridgehead atoms. The van der Waals surface area contributed by atoms with E-state index in [1.165, 1.54) is 11.1 Å². The van der Waals surface area contributed by atoms with Crippen LogP contribution in [0.5, 0.6) is 0 Å². The summed E-state index contributed by atoms with van der Waals surface area (Å²) in [5.41, 5.74) is 4.79. The van der Waals surface area contributed by atoms with Gasteiger partial charge in [0.15, 0.2) is 0 Å². The standard InChI is InChI=1S/C21H22N2O/c1-14-7-6-8-17(11-14)12-15(2)22-21(24)19-13-18-9-4-5-10-20(18)23-16(19)3/h4-11,13,15H,12H2,1-3H3,(H,22,24). The average molecular weight is 318 g/mol. The minimum absolute atomic E-state index is 0.0603. The first-order valence-corrected chi connectivity index (χ1v) is 8.26. The monoisotopic (exact) mass is 318 g/mol. The lowest BCUT2D eigenvalue weighted by molar-refractivity contribution is 0.0939. The van der Waals surface area contributed by atoms with E-state index in [1.54, 1.807) is 0 Å². The average Bonchev–Trinajstić information content (AvgIpc) is 2.54. The Morgan fingerprint density at radius 3 is 2.67 bits per heavy atom. The van der Waals surface area contributed by atoms with Gasteiger partial charge in [-0.25, -0.2) is 0 Å². The number of amides is 1. The van der Waals surface area contributed by atoms with Crippen LogP contribution in [-0.2, 0) is 6.42 Å². The van der Waals surface area contributed by atoms with Crippen molar-refractivity contribution in [2.75, 3.05) is 0 Å². The van der Waals surface area contributed by atoms with Crippen LogP contribution in [0.4, 0.5) is 0 Å². The molecule has 0 spiro atoms. The summed E-state index contributed by atoms with van der Waals surface area (Å²) in [6, 6.07) is 18.2. The quantitative estimate of drug-likeness (QED) is 0.783. The number of nitrogens with zero attached hydrogens (tertiary/aromatic N) is 1. The van der Waals surface area contributed by atoms with Gasteiger partial charge in [0.1, 0.15) is 0 Å². The van der Waals surface area contributed by atoms with Gasteiger partial charge in [-0.3, -0.25) is 9.78 Å². The minimum atomic E-state index is -0.0640. The van der Waals surface area contributed by atoms with E-state index in [1.807, 2.05) is 44.2 Å². The molecule has 0 saturated heterocycles. The van der Waals surface area contributed by atoms with E-state index in [0.717, 1.165) is 23.0 Å². The third-order valence-electron chi connectivity index (χ3n) is 4.16. The number of carbonyl (C=O) groups is 1. The molecule has 1 unspecified atom stereocenters. The molecule has 1 atom stereocenters. The highest BCUT2D eigenvalue weighted by Crippen LogP contribution is 2.16. The van der Waals surface area contributed by atoms with E-state index < -0.39 is 0 Å². The fourth-order valence-corrected chi connectivity index (χ4v) is 2.99. The predicted octanol–water partition coefficient (Wildman–Crippen LogP) is 4.21. The van der Waals surface area contributed by atoms with Crippen molar-refractivity contribution in [2.24, 2.45) is 0 Å². The van der Waals surface area contributed by atoms with Crippen LogP contribution in [0.15, 0.2) is 54.6 Å². The van der Waals surface area contributed by atoms with E-state index in [-0.39, 0.29) is 11.9 Å². The highest BCUT2D eigenvalue weighted by atomic mass is 16.1. The molecule has 1 amide bonds. The van der Waals surface area contributed by atoms with Crippen LogP contribution in [0.3, 0.4) is 0 Å². The summed E-state index contributed by atoms with van der Waals surface area (Å²) < 4.78 is 0. The highest BCUT2D eigenvalue weighted by molar-refractivity contribution is 5.98. The molecule has 0 aliphatic rings. The minimum Gasteiger partial charge on any atom is -0.349 e. The van der Waals surface area contributed by atoms with Crippen LogP contribution in [-0.4, -0.2) is 16.9 Å². The third-order valence-corrected chi connectivity index (χ3v) is 4.16. The molecular formula is C21H22N2O. The maximum Gasteiger partial charge on any atom is 0.253 e. The number of benzene rings is 2. The lowest BCUT2D eigenvalue weighted by atomic mass is 10.0. The van der Waals surface area contributed by atoms with Crippen molar-refractivity contribution in [1.29, 1.82) is 0 Å². The Kier molecular flexibility index (Phi) is 4.61. The highest BCUT2D eigenvalue weighted by Gasteiger charge is 2.14. The molecule has 3 aromatic rings. The van der Waals surface area contributed by atoms with Gasteiger partial charge in [0.2, 0.25) is 0 Å². The molecule has 1 aromatic heterocycles. The molecule has 24 heavy (non-hydrogen) atoms. The van der Waals surface area contributed by atoms with Crippen molar-refractivity contribution >= 4 is 16.8 Å². The van der Waals surface area contributed by atoms with E-state index in [9.17, 15) is 4.79 Å². The number of rotatable bonds is 4. The second-order valence-corrected chi connectivity index (χ2v) is 6.38. The zero-order valence-corrected chi connectivity index (χ0v) is 14.3. The zero-order chi connectivity index (χ0) is 17.1. The number of fused-ring (bicyclic) bond motifs is 1. The molecule has 0 aliphatic carbocycles. The first-order valence-electron chi connectivity index (χ1n) is 8.26. The van der Waals surface area contributed by atoms with Gasteiger partial charge >= 0.3 is 0 Å². The Hall–Kier alpha value is -2.68. The number of hydrogen-bond acceptors (Lipinski definition) is 2. The van der Waals surface area contributed by atoms with E-state index >= 15 is 0 Å². The van der Waals surface area contributed by atoms with E-state index in [4.69, 9.17) is 0 Å². The molecule has 3 heteroatoms. The van der Waals surface area contributed by atoms with Gasteiger partial charge in [0.05, 0.1) is 16.8 Å². The number of aromatic nitrogens is 1. The predicted molar refractivity (Wildman–Crippen MR) is 98.3 cm³/mol.